The van der Waals surface area contributed by atoms with E-state index in [4.69, 9.17) is 4.74 Å². The van der Waals surface area contributed by atoms with Gasteiger partial charge in [-0.15, -0.1) is 0 Å². The Kier molecular flexibility index (Phi) is 5.61. The SMILES string of the molecule is CCO[C@H]1C[C@H](NC(=O)C2CCN(CC(F)(F)F)CC2)C1(C)C. The van der Waals surface area contributed by atoms with Crippen LogP contribution in [0, 0.1) is 11.3 Å². The molecule has 2 fully saturated rings. The Bertz CT molecular complexity index is 418. The Hall–Kier alpha value is -0.820. The largest absolute Gasteiger partial charge is 0.401 e. The molecule has 0 bridgehead atoms. The van der Waals surface area contributed by atoms with Crippen molar-refractivity contribution in [2.24, 2.45) is 11.3 Å². The maximum absolute atomic E-state index is 12.4. The Morgan fingerprint density at radius 2 is 1.91 bits per heavy atom. The van der Waals surface area contributed by atoms with Gasteiger partial charge in [0.15, 0.2) is 0 Å². The van der Waals surface area contributed by atoms with Gasteiger partial charge in [0.25, 0.3) is 0 Å². The van der Waals surface area contributed by atoms with Crippen LogP contribution in [0.2, 0.25) is 0 Å². The predicted molar refractivity (Wildman–Crippen MR) is 81.0 cm³/mol. The molecule has 23 heavy (non-hydrogen) atoms. The number of amides is 1. The second-order valence-corrected chi connectivity index (χ2v) is 7.23. The number of hydrogen-bond acceptors (Lipinski definition) is 3. The summed E-state index contributed by atoms with van der Waals surface area (Å²) in [5.41, 5.74) is -0.0946. The minimum atomic E-state index is -4.17. The van der Waals surface area contributed by atoms with Crippen LogP contribution in [0.3, 0.4) is 0 Å². The molecule has 0 aromatic heterocycles. The summed E-state index contributed by atoms with van der Waals surface area (Å²) in [7, 11) is 0. The Morgan fingerprint density at radius 3 is 2.39 bits per heavy atom. The quantitative estimate of drug-likeness (QED) is 0.839. The van der Waals surface area contributed by atoms with Crippen LogP contribution in [0.15, 0.2) is 0 Å². The summed E-state index contributed by atoms with van der Waals surface area (Å²) in [6.45, 7) is 6.54. The Labute approximate surface area is 135 Å². The molecule has 4 nitrogen and oxygen atoms in total. The first-order chi connectivity index (χ1) is 10.6. The van der Waals surface area contributed by atoms with Gasteiger partial charge in [-0.2, -0.15) is 13.2 Å². The number of hydrogen-bond donors (Lipinski definition) is 1. The fourth-order valence-corrected chi connectivity index (χ4v) is 3.51. The van der Waals surface area contributed by atoms with Crippen molar-refractivity contribution in [1.82, 2.24) is 10.2 Å². The predicted octanol–water partition coefficient (Wildman–Crippen LogP) is 2.58. The van der Waals surface area contributed by atoms with E-state index in [9.17, 15) is 18.0 Å². The highest BCUT2D eigenvalue weighted by atomic mass is 19.4. The number of carbonyl (C=O) groups excluding carboxylic acids is 1. The summed E-state index contributed by atoms with van der Waals surface area (Å²) in [6.07, 6.45) is -2.22. The van der Waals surface area contributed by atoms with Gasteiger partial charge < -0.3 is 10.1 Å². The van der Waals surface area contributed by atoms with E-state index in [0.29, 0.717) is 32.5 Å². The number of nitrogens with one attached hydrogen (secondary N) is 1. The van der Waals surface area contributed by atoms with E-state index in [-0.39, 0.29) is 29.4 Å². The molecule has 1 N–H and O–H groups in total. The average molecular weight is 336 g/mol. The number of alkyl halides is 3. The summed E-state index contributed by atoms with van der Waals surface area (Å²) < 4.78 is 42.8. The number of halogens is 3. The van der Waals surface area contributed by atoms with E-state index < -0.39 is 12.7 Å². The van der Waals surface area contributed by atoms with E-state index >= 15 is 0 Å². The lowest BCUT2D eigenvalue weighted by Gasteiger charge is -2.52. The first kappa shape index (κ1) is 18.5. The lowest BCUT2D eigenvalue weighted by molar-refractivity contribution is -0.151. The molecule has 1 saturated carbocycles. The third kappa shape index (κ3) is 4.59. The van der Waals surface area contributed by atoms with Crippen molar-refractivity contribution in [3.63, 3.8) is 0 Å². The van der Waals surface area contributed by atoms with Crippen LogP contribution in [0.5, 0.6) is 0 Å². The van der Waals surface area contributed by atoms with Gasteiger partial charge in [-0.3, -0.25) is 9.69 Å². The van der Waals surface area contributed by atoms with Crippen molar-refractivity contribution in [2.45, 2.75) is 58.4 Å². The van der Waals surface area contributed by atoms with Crippen molar-refractivity contribution in [3.8, 4) is 0 Å². The number of rotatable bonds is 5. The molecule has 0 aromatic rings. The van der Waals surface area contributed by atoms with E-state index in [1.807, 2.05) is 6.92 Å². The Morgan fingerprint density at radius 1 is 1.30 bits per heavy atom. The molecule has 0 spiro atoms. The minimum absolute atomic E-state index is 0.0234. The topological polar surface area (TPSA) is 41.6 Å². The van der Waals surface area contributed by atoms with Gasteiger partial charge in [-0.25, -0.2) is 0 Å². The second-order valence-electron chi connectivity index (χ2n) is 7.23. The lowest BCUT2D eigenvalue weighted by atomic mass is 9.64. The third-order valence-corrected chi connectivity index (χ3v) is 5.22. The maximum atomic E-state index is 12.4. The molecule has 0 radical (unpaired) electrons. The molecule has 0 unspecified atom stereocenters. The van der Waals surface area contributed by atoms with Crippen LogP contribution in [0.1, 0.15) is 40.0 Å². The van der Waals surface area contributed by atoms with Gasteiger partial charge in [-0.1, -0.05) is 13.8 Å². The van der Waals surface area contributed by atoms with Crippen LogP contribution < -0.4 is 5.32 Å². The third-order valence-electron chi connectivity index (χ3n) is 5.22. The molecular formula is C16H27F3N2O2. The first-order valence-electron chi connectivity index (χ1n) is 8.34. The van der Waals surface area contributed by atoms with Crippen LogP contribution in [0.25, 0.3) is 0 Å². The zero-order valence-electron chi connectivity index (χ0n) is 14.1. The summed E-state index contributed by atoms with van der Waals surface area (Å²) in [5, 5.41) is 3.07. The molecule has 2 rings (SSSR count). The van der Waals surface area contributed by atoms with E-state index in [2.05, 4.69) is 19.2 Å². The smallest absolute Gasteiger partial charge is 0.378 e. The first-order valence-corrected chi connectivity index (χ1v) is 8.34. The van der Waals surface area contributed by atoms with Gasteiger partial charge >= 0.3 is 6.18 Å². The molecule has 1 aliphatic carbocycles. The standard InChI is InChI=1S/C16H27F3N2O2/c1-4-23-13-9-12(15(13,2)3)20-14(22)11-5-7-21(8-6-11)10-16(17,18)19/h11-13H,4-10H2,1-3H3,(H,20,22)/t12-,13-/m0/s1. The second kappa shape index (κ2) is 6.97. The zero-order chi connectivity index (χ0) is 17.3. The molecule has 2 atom stereocenters. The van der Waals surface area contributed by atoms with Gasteiger partial charge in [0.2, 0.25) is 5.91 Å². The molecular weight excluding hydrogens is 309 g/mol. The highest BCUT2D eigenvalue weighted by molar-refractivity contribution is 5.79. The maximum Gasteiger partial charge on any atom is 0.401 e. The molecule has 1 heterocycles. The van der Waals surface area contributed by atoms with Crippen molar-refractivity contribution in [3.05, 3.63) is 0 Å². The van der Waals surface area contributed by atoms with Crippen molar-refractivity contribution < 1.29 is 22.7 Å². The van der Waals surface area contributed by atoms with Gasteiger partial charge in [0.1, 0.15) is 0 Å². The number of likely N-dealkylation sites (tertiary alicyclic amines) is 1. The average Bonchev–Trinajstić information content (AvgIpc) is 2.45. The normalized spacial score (nSPS) is 29.1. The molecule has 0 aromatic carbocycles. The number of ether oxygens (including phenoxy) is 1. The number of carbonyl (C=O) groups is 1. The van der Waals surface area contributed by atoms with E-state index in [1.54, 1.807) is 0 Å². The Balaban J connectivity index is 1.76. The summed E-state index contributed by atoms with van der Waals surface area (Å²) in [4.78, 5) is 13.7. The molecule has 134 valence electrons. The molecule has 1 saturated heterocycles. The van der Waals surface area contributed by atoms with Crippen molar-refractivity contribution in [1.29, 1.82) is 0 Å². The molecule has 1 aliphatic heterocycles. The fraction of sp³-hybridized carbons (Fsp3) is 0.938. The zero-order valence-corrected chi connectivity index (χ0v) is 14.1. The van der Waals surface area contributed by atoms with Gasteiger partial charge in [0, 0.05) is 24.0 Å². The van der Waals surface area contributed by atoms with Crippen molar-refractivity contribution in [2.75, 3.05) is 26.2 Å². The van der Waals surface area contributed by atoms with Crippen LogP contribution in [0.4, 0.5) is 13.2 Å². The van der Waals surface area contributed by atoms with Gasteiger partial charge in [-0.05, 0) is 39.3 Å². The highest BCUT2D eigenvalue weighted by Gasteiger charge is 2.50. The fourth-order valence-electron chi connectivity index (χ4n) is 3.51. The summed E-state index contributed by atoms with van der Waals surface area (Å²) in [5.74, 6) is -0.203. The molecule has 2 aliphatic rings. The monoisotopic (exact) mass is 336 g/mol. The summed E-state index contributed by atoms with van der Waals surface area (Å²) in [6, 6.07) is 0.0831. The van der Waals surface area contributed by atoms with E-state index in [0.717, 1.165) is 6.42 Å². The van der Waals surface area contributed by atoms with Crippen LogP contribution >= 0.6 is 0 Å². The summed E-state index contributed by atoms with van der Waals surface area (Å²) >= 11 is 0. The molecule has 1 amide bonds. The molecule has 7 heteroatoms. The number of nitrogens with zero attached hydrogens (tertiary/aromatic N) is 1. The lowest BCUT2D eigenvalue weighted by Crippen LogP contribution is -2.63. The van der Waals surface area contributed by atoms with Crippen molar-refractivity contribution >= 4 is 5.91 Å². The minimum Gasteiger partial charge on any atom is -0.378 e. The van der Waals surface area contributed by atoms with E-state index in [1.165, 1.54) is 4.90 Å². The van der Waals surface area contributed by atoms with Gasteiger partial charge in [0.05, 0.1) is 12.6 Å². The number of piperidine rings is 1. The van der Waals surface area contributed by atoms with Crippen LogP contribution in [-0.4, -0.2) is 55.4 Å². The van der Waals surface area contributed by atoms with Crippen LogP contribution in [-0.2, 0) is 9.53 Å². The highest BCUT2D eigenvalue weighted by Crippen LogP contribution is 2.43.